The SMILES string of the molecule is Cn1cc2nnccc2n1. The normalized spacial score (nSPS) is 10.5. The first-order valence-electron chi connectivity index (χ1n) is 2.97. The van der Waals surface area contributed by atoms with Crippen LogP contribution < -0.4 is 0 Å². The number of aryl methyl sites for hydroxylation is 1. The lowest BCUT2D eigenvalue weighted by Crippen LogP contribution is -1.84. The molecule has 0 atom stereocenters. The summed E-state index contributed by atoms with van der Waals surface area (Å²) in [5, 5.41) is 11.7. The maximum Gasteiger partial charge on any atom is 0.131 e. The molecule has 0 aromatic carbocycles. The lowest BCUT2D eigenvalue weighted by atomic mass is 10.4. The van der Waals surface area contributed by atoms with Crippen LogP contribution >= 0.6 is 0 Å². The molecule has 50 valence electrons. The lowest BCUT2D eigenvalue weighted by Gasteiger charge is -1.79. The number of rotatable bonds is 0. The maximum atomic E-state index is 4.13. The molecule has 10 heavy (non-hydrogen) atoms. The molecule has 2 heterocycles. The Kier molecular flexibility index (Phi) is 0.943. The summed E-state index contributed by atoms with van der Waals surface area (Å²) in [7, 11) is 1.86. The Morgan fingerprint density at radius 1 is 1.40 bits per heavy atom. The molecule has 0 saturated heterocycles. The van der Waals surface area contributed by atoms with Gasteiger partial charge in [-0.05, 0) is 6.07 Å². The van der Waals surface area contributed by atoms with Gasteiger partial charge in [0.2, 0.25) is 0 Å². The van der Waals surface area contributed by atoms with E-state index < -0.39 is 0 Å². The topological polar surface area (TPSA) is 43.6 Å². The Morgan fingerprint density at radius 2 is 2.30 bits per heavy atom. The number of fused-ring (bicyclic) bond motifs is 1. The summed E-state index contributed by atoms with van der Waals surface area (Å²) in [5.74, 6) is 0. The van der Waals surface area contributed by atoms with Crippen molar-refractivity contribution < 1.29 is 0 Å². The Labute approximate surface area is 57.5 Å². The summed E-state index contributed by atoms with van der Waals surface area (Å²) >= 11 is 0. The van der Waals surface area contributed by atoms with Crippen LogP contribution in [0.1, 0.15) is 0 Å². The van der Waals surface area contributed by atoms with Crippen molar-refractivity contribution in [3.05, 3.63) is 18.5 Å². The van der Waals surface area contributed by atoms with Crippen LogP contribution in [-0.4, -0.2) is 20.0 Å². The molecule has 2 rings (SSSR count). The fourth-order valence-corrected chi connectivity index (χ4v) is 0.888. The molecule has 0 bridgehead atoms. The monoisotopic (exact) mass is 134 g/mol. The first-order chi connectivity index (χ1) is 4.86. The molecule has 2 aromatic heterocycles. The molecule has 0 aliphatic heterocycles. The van der Waals surface area contributed by atoms with E-state index in [1.807, 2.05) is 19.3 Å². The average molecular weight is 134 g/mol. The van der Waals surface area contributed by atoms with Crippen molar-refractivity contribution >= 4 is 11.0 Å². The Bertz CT molecular complexity index is 318. The summed E-state index contributed by atoms with van der Waals surface area (Å²) in [6.07, 6.45) is 3.47. The molecule has 0 spiro atoms. The lowest BCUT2D eigenvalue weighted by molar-refractivity contribution is 0.779. The Balaban J connectivity index is 2.88. The molecule has 0 saturated carbocycles. The van der Waals surface area contributed by atoms with E-state index in [4.69, 9.17) is 0 Å². The van der Waals surface area contributed by atoms with Gasteiger partial charge in [-0.2, -0.15) is 10.2 Å². The summed E-state index contributed by atoms with van der Waals surface area (Å²) in [6, 6.07) is 1.84. The molecule has 0 radical (unpaired) electrons. The van der Waals surface area contributed by atoms with Crippen LogP contribution in [0.15, 0.2) is 18.5 Å². The summed E-state index contributed by atoms with van der Waals surface area (Å²) in [6.45, 7) is 0. The molecular formula is C6H6N4. The fourth-order valence-electron chi connectivity index (χ4n) is 0.888. The van der Waals surface area contributed by atoms with E-state index in [9.17, 15) is 0 Å². The molecule has 4 nitrogen and oxygen atoms in total. The Hall–Kier alpha value is -1.45. The van der Waals surface area contributed by atoms with E-state index in [2.05, 4.69) is 15.3 Å². The molecule has 0 fully saturated rings. The van der Waals surface area contributed by atoms with E-state index in [-0.39, 0.29) is 0 Å². The van der Waals surface area contributed by atoms with Gasteiger partial charge in [0.05, 0.1) is 12.4 Å². The zero-order chi connectivity index (χ0) is 6.97. The van der Waals surface area contributed by atoms with Crippen molar-refractivity contribution in [2.45, 2.75) is 0 Å². The Morgan fingerprint density at radius 3 is 3.10 bits per heavy atom. The average Bonchev–Trinajstić information content (AvgIpc) is 2.27. The zero-order valence-electron chi connectivity index (χ0n) is 5.52. The van der Waals surface area contributed by atoms with Crippen molar-refractivity contribution in [3.63, 3.8) is 0 Å². The van der Waals surface area contributed by atoms with E-state index in [0.29, 0.717) is 0 Å². The van der Waals surface area contributed by atoms with Gasteiger partial charge in [0.25, 0.3) is 0 Å². The standard InChI is InChI=1S/C6H6N4/c1-10-4-6-5(9-10)2-3-7-8-6/h2-4H,1H3. The minimum Gasteiger partial charge on any atom is -0.273 e. The first-order valence-corrected chi connectivity index (χ1v) is 2.97. The highest BCUT2D eigenvalue weighted by Crippen LogP contribution is 2.03. The van der Waals surface area contributed by atoms with E-state index >= 15 is 0 Å². The van der Waals surface area contributed by atoms with Crippen molar-refractivity contribution in [1.82, 2.24) is 20.0 Å². The number of hydrogen-bond donors (Lipinski definition) is 0. The van der Waals surface area contributed by atoms with Gasteiger partial charge in [-0.25, -0.2) is 0 Å². The quantitative estimate of drug-likeness (QED) is 0.522. The second-order valence-electron chi connectivity index (χ2n) is 2.10. The predicted octanol–water partition coefficient (Wildman–Crippen LogP) is 0.363. The van der Waals surface area contributed by atoms with Gasteiger partial charge in [-0.3, -0.25) is 4.68 Å². The van der Waals surface area contributed by atoms with Crippen LogP contribution in [0, 0.1) is 0 Å². The van der Waals surface area contributed by atoms with Crippen LogP contribution in [0.2, 0.25) is 0 Å². The smallest absolute Gasteiger partial charge is 0.131 e. The van der Waals surface area contributed by atoms with Crippen LogP contribution in [0.5, 0.6) is 0 Å². The summed E-state index contributed by atoms with van der Waals surface area (Å²) in [4.78, 5) is 0. The third kappa shape index (κ3) is 0.655. The zero-order valence-corrected chi connectivity index (χ0v) is 5.52. The molecule has 0 aliphatic carbocycles. The van der Waals surface area contributed by atoms with Crippen LogP contribution in [0.4, 0.5) is 0 Å². The van der Waals surface area contributed by atoms with Gasteiger partial charge in [0, 0.05) is 7.05 Å². The second kappa shape index (κ2) is 1.76. The van der Waals surface area contributed by atoms with Crippen molar-refractivity contribution in [1.29, 1.82) is 0 Å². The molecule has 0 amide bonds. The van der Waals surface area contributed by atoms with Gasteiger partial charge in [-0.15, -0.1) is 5.10 Å². The van der Waals surface area contributed by atoms with Crippen molar-refractivity contribution in [2.75, 3.05) is 0 Å². The van der Waals surface area contributed by atoms with Gasteiger partial charge in [0.1, 0.15) is 11.0 Å². The van der Waals surface area contributed by atoms with Crippen molar-refractivity contribution in [3.8, 4) is 0 Å². The highest BCUT2D eigenvalue weighted by Gasteiger charge is 1.95. The molecule has 0 N–H and O–H groups in total. The number of aromatic nitrogens is 4. The van der Waals surface area contributed by atoms with Gasteiger partial charge >= 0.3 is 0 Å². The molecular weight excluding hydrogens is 128 g/mol. The molecule has 0 unspecified atom stereocenters. The molecule has 2 aromatic rings. The number of hydrogen-bond acceptors (Lipinski definition) is 3. The van der Waals surface area contributed by atoms with Crippen molar-refractivity contribution in [2.24, 2.45) is 7.05 Å². The molecule has 0 aliphatic rings. The van der Waals surface area contributed by atoms with Gasteiger partial charge in [-0.1, -0.05) is 0 Å². The highest BCUT2D eigenvalue weighted by atomic mass is 15.3. The predicted molar refractivity (Wildman–Crippen MR) is 36.3 cm³/mol. The third-order valence-electron chi connectivity index (χ3n) is 1.30. The van der Waals surface area contributed by atoms with Crippen LogP contribution in [-0.2, 0) is 7.05 Å². The molecule has 4 heteroatoms. The number of nitrogens with zero attached hydrogens (tertiary/aromatic N) is 4. The minimum absolute atomic E-state index is 0.838. The van der Waals surface area contributed by atoms with E-state index in [1.54, 1.807) is 10.9 Å². The minimum atomic E-state index is 0.838. The largest absolute Gasteiger partial charge is 0.273 e. The van der Waals surface area contributed by atoms with Crippen LogP contribution in [0.25, 0.3) is 11.0 Å². The van der Waals surface area contributed by atoms with Crippen LogP contribution in [0.3, 0.4) is 0 Å². The fraction of sp³-hybridized carbons (Fsp3) is 0.167. The van der Waals surface area contributed by atoms with E-state index in [0.717, 1.165) is 11.0 Å². The van der Waals surface area contributed by atoms with Gasteiger partial charge < -0.3 is 0 Å². The third-order valence-corrected chi connectivity index (χ3v) is 1.30. The maximum absolute atomic E-state index is 4.13. The summed E-state index contributed by atoms with van der Waals surface area (Å²) in [5.41, 5.74) is 1.72. The van der Waals surface area contributed by atoms with E-state index in [1.165, 1.54) is 0 Å². The second-order valence-corrected chi connectivity index (χ2v) is 2.10. The summed E-state index contributed by atoms with van der Waals surface area (Å²) < 4.78 is 1.72. The highest BCUT2D eigenvalue weighted by molar-refractivity contribution is 5.71. The first kappa shape index (κ1) is 5.34. The van der Waals surface area contributed by atoms with Gasteiger partial charge in [0.15, 0.2) is 0 Å².